The van der Waals surface area contributed by atoms with Crippen LogP contribution in [-0.2, 0) is 28.5 Å². The zero-order valence-corrected chi connectivity index (χ0v) is 25.8. The van der Waals surface area contributed by atoms with E-state index in [0.717, 1.165) is 5.56 Å². The van der Waals surface area contributed by atoms with Gasteiger partial charge in [-0.3, -0.25) is 24.1 Å². The monoisotopic (exact) mass is 656 g/mol. The average molecular weight is 658 g/mol. The maximum Gasteiger partial charge on any atom is 0.343 e. The van der Waals surface area contributed by atoms with Crippen molar-refractivity contribution >= 4 is 45.4 Å². The van der Waals surface area contributed by atoms with Crippen LogP contribution in [0.1, 0.15) is 62.0 Å². The van der Waals surface area contributed by atoms with Crippen LogP contribution >= 0.6 is 27.5 Å². The molecule has 1 unspecified atom stereocenters. The summed E-state index contributed by atoms with van der Waals surface area (Å²) in [5, 5.41) is 2.26. The van der Waals surface area contributed by atoms with E-state index in [4.69, 9.17) is 35.3 Å². The maximum atomic E-state index is 12.6. The topological polar surface area (TPSA) is 123 Å². The van der Waals surface area contributed by atoms with Gasteiger partial charge in [-0.1, -0.05) is 27.5 Å². The van der Waals surface area contributed by atoms with Gasteiger partial charge in [0.15, 0.2) is 5.43 Å². The van der Waals surface area contributed by atoms with Crippen molar-refractivity contribution in [2.24, 2.45) is 0 Å². The number of pyridine rings is 1. The predicted molar refractivity (Wildman–Crippen MR) is 154 cm³/mol. The number of hydrogen-bond acceptors (Lipinski definition) is 10. The van der Waals surface area contributed by atoms with Gasteiger partial charge < -0.3 is 23.7 Å². The third kappa shape index (κ3) is 8.02. The molecule has 1 aliphatic heterocycles. The molecule has 0 aliphatic carbocycles. The Morgan fingerprint density at radius 3 is 2.39 bits per heavy atom. The first-order valence-corrected chi connectivity index (χ1v) is 14.3. The Morgan fingerprint density at radius 2 is 1.78 bits per heavy atom. The van der Waals surface area contributed by atoms with Gasteiger partial charge in [0.05, 0.1) is 24.3 Å². The molecule has 1 aliphatic rings. The first-order valence-electron chi connectivity index (χ1n) is 13.1. The SMILES string of the molecule is CCOC(=O)c1cn(N2C(c3cc(OCCCOC)c(Cl)cc3Br)CCC2(COC(C)=O)COC(C)=O)ccc1=O. The van der Waals surface area contributed by atoms with Crippen molar-refractivity contribution in [2.75, 3.05) is 45.2 Å². The highest BCUT2D eigenvalue weighted by Gasteiger charge is 2.50. The zero-order valence-electron chi connectivity index (χ0n) is 23.4. The van der Waals surface area contributed by atoms with Crippen molar-refractivity contribution in [1.29, 1.82) is 0 Å². The minimum absolute atomic E-state index is 0.0905. The molecule has 224 valence electrons. The van der Waals surface area contributed by atoms with Gasteiger partial charge in [-0.15, -0.1) is 0 Å². The fourth-order valence-corrected chi connectivity index (χ4v) is 5.68. The van der Waals surface area contributed by atoms with Crippen molar-refractivity contribution in [2.45, 2.75) is 51.6 Å². The fourth-order valence-electron chi connectivity index (χ4n) is 4.72. The molecule has 41 heavy (non-hydrogen) atoms. The summed E-state index contributed by atoms with van der Waals surface area (Å²) < 4.78 is 29.3. The molecular weight excluding hydrogens is 624 g/mol. The summed E-state index contributed by atoms with van der Waals surface area (Å²) in [5.74, 6) is -1.33. The largest absolute Gasteiger partial charge is 0.492 e. The first-order chi connectivity index (χ1) is 19.5. The highest BCUT2D eigenvalue weighted by atomic mass is 79.9. The average Bonchev–Trinajstić information content (AvgIpc) is 3.29. The second-order valence-corrected chi connectivity index (χ2v) is 10.8. The van der Waals surface area contributed by atoms with Gasteiger partial charge in [0.1, 0.15) is 30.1 Å². The van der Waals surface area contributed by atoms with E-state index in [1.54, 1.807) is 24.8 Å². The van der Waals surface area contributed by atoms with Crippen LogP contribution in [0.25, 0.3) is 0 Å². The van der Waals surface area contributed by atoms with Gasteiger partial charge >= 0.3 is 17.9 Å². The van der Waals surface area contributed by atoms with Gasteiger partial charge in [0.25, 0.3) is 0 Å². The van der Waals surface area contributed by atoms with Crippen molar-refractivity contribution < 1.29 is 38.1 Å². The van der Waals surface area contributed by atoms with Crippen LogP contribution in [0.2, 0.25) is 5.02 Å². The molecule has 0 amide bonds. The van der Waals surface area contributed by atoms with Gasteiger partial charge in [0.2, 0.25) is 0 Å². The van der Waals surface area contributed by atoms with E-state index in [1.807, 2.05) is 11.1 Å². The highest BCUT2D eigenvalue weighted by molar-refractivity contribution is 9.10. The molecule has 0 saturated carbocycles. The molecule has 1 aromatic carbocycles. The van der Waals surface area contributed by atoms with E-state index in [-0.39, 0.29) is 25.4 Å². The summed E-state index contributed by atoms with van der Waals surface area (Å²) in [4.78, 5) is 49.1. The van der Waals surface area contributed by atoms with Crippen LogP contribution < -0.4 is 15.2 Å². The van der Waals surface area contributed by atoms with E-state index in [0.29, 0.717) is 47.7 Å². The van der Waals surface area contributed by atoms with Crippen molar-refractivity contribution in [1.82, 2.24) is 4.68 Å². The molecule has 1 saturated heterocycles. The Balaban J connectivity index is 2.17. The number of aromatic nitrogens is 1. The summed E-state index contributed by atoms with van der Waals surface area (Å²) in [6.07, 6.45) is 4.49. The molecule has 0 bridgehead atoms. The minimum atomic E-state index is -1.05. The fraction of sp³-hybridized carbons (Fsp3) is 0.500. The molecule has 2 aromatic rings. The third-order valence-electron chi connectivity index (χ3n) is 6.56. The zero-order chi connectivity index (χ0) is 30.2. The Kier molecular flexibility index (Phi) is 11.6. The van der Waals surface area contributed by atoms with E-state index in [2.05, 4.69) is 15.9 Å². The van der Waals surface area contributed by atoms with Crippen LogP contribution in [0.15, 0.2) is 39.9 Å². The number of rotatable bonds is 13. The summed E-state index contributed by atoms with van der Waals surface area (Å²) in [5.41, 5.74) is -0.964. The number of benzene rings is 1. The molecule has 13 heteroatoms. The Bertz CT molecular complexity index is 1300. The van der Waals surface area contributed by atoms with Gasteiger partial charge in [-0.25, -0.2) is 4.79 Å². The molecule has 3 rings (SSSR count). The van der Waals surface area contributed by atoms with Crippen LogP contribution in [0.5, 0.6) is 5.75 Å². The lowest BCUT2D eigenvalue weighted by atomic mass is 9.99. The Labute approximate surface area is 251 Å². The number of methoxy groups -OCH3 is 1. The molecule has 11 nitrogen and oxygen atoms in total. The van der Waals surface area contributed by atoms with Crippen LogP contribution in [-0.4, -0.2) is 68.3 Å². The minimum Gasteiger partial charge on any atom is -0.492 e. The number of esters is 3. The van der Waals surface area contributed by atoms with E-state index in [1.165, 1.54) is 32.3 Å². The Morgan fingerprint density at radius 1 is 1.10 bits per heavy atom. The van der Waals surface area contributed by atoms with Crippen LogP contribution in [0.4, 0.5) is 0 Å². The molecule has 1 fully saturated rings. The summed E-state index contributed by atoms with van der Waals surface area (Å²) >= 11 is 10.1. The molecule has 1 aromatic heterocycles. The van der Waals surface area contributed by atoms with E-state index >= 15 is 0 Å². The molecule has 1 atom stereocenters. The van der Waals surface area contributed by atoms with E-state index in [9.17, 15) is 19.2 Å². The second kappa shape index (κ2) is 14.7. The number of carbonyl (C=O) groups is 3. The standard InChI is InChI=1S/C28H34BrClN2O9/c1-5-38-27(36)21-15-31(10-8-25(21)35)32-24(7-9-28(32,16-40-18(2)33)17-41-19(3)34)20-13-26(23(30)14-22(20)29)39-12-6-11-37-4/h8,10,13-15,24H,5-7,9,11-12,16-17H2,1-4H3. The number of carbonyl (C=O) groups excluding carboxylic acids is 3. The maximum absolute atomic E-state index is 12.6. The van der Waals surface area contributed by atoms with Crippen LogP contribution in [0, 0.1) is 0 Å². The number of nitrogens with zero attached hydrogens (tertiary/aromatic N) is 2. The highest BCUT2D eigenvalue weighted by Crippen LogP contribution is 2.46. The first kappa shape index (κ1) is 32.4. The smallest absolute Gasteiger partial charge is 0.343 e. The molecule has 0 spiro atoms. The predicted octanol–water partition coefficient (Wildman–Crippen LogP) is 4.19. The van der Waals surface area contributed by atoms with E-state index < -0.39 is 34.9 Å². The molecule has 2 heterocycles. The van der Waals surface area contributed by atoms with Crippen molar-refractivity contribution in [3.8, 4) is 5.75 Å². The van der Waals surface area contributed by atoms with Crippen LogP contribution in [0.3, 0.4) is 0 Å². The second-order valence-electron chi connectivity index (χ2n) is 9.51. The summed E-state index contributed by atoms with van der Waals surface area (Å²) in [6.45, 7) is 4.97. The molecule has 0 radical (unpaired) electrons. The van der Waals surface area contributed by atoms with Gasteiger partial charge in [0, 0.05) is 56.9 Å². The Hall–Kier alpha value is -3.09. The lowest BCUT2D eigenvalue weighted by Crippen LogP contribution is -2.57. The number of hydrogen-bond donors (Lipinski definition) is 0. The normalized spacial score (nSPS) is 15.9. The van der Waals surface area contributed by atoms with Gasteiger partial charge in [-0.2, -0.15) is 0 Å². The summed E-state index contributed by atoms with van der Waals surface area (Å²) in [6, 6.07) is 4.38. The number of halogens is 2. The molecular formula is C28H34BrClN2O9. The number of ether oxygens (including phenoxy) is 5. The van der Waals surface area contributed by atoms with Gasteiger partial charge in [-0.05, 0) is 37.5 Å². The quantitative estimate of drug-likeness (QED) is 0.176. The van der Waals surface area contributed by atoms with Crippen molar-refractivity contribution in [3.63, 3.8) is 0 Å². The molecule has 0 N–H and O–H groups in total. The lowest BCUT2D eigenvalue weighted by Gasteiger charge is -2.43. The summed E-state index contributed by atoms with van der Waals surface area (Å²) in [7, 11) is 1.61. The lowest BCUT2D eigenvalue weighted by molar-refractivity contribution is -0.147. The van der Waals surface area contributed by atoms with Crippen molar-refractivity contribution in [3.05, 3.63) is 61.4 Å². The third-order valence-corrected chi connectivity index (χ3v) is 7.54.